The highest BCUT2D eigenvalue weighted by Gasteiger charge is 2.07. The van der Waals surface area contributed by atoms with Crippen LogP contribution < -0.4 is 5.32 Å². The predicted octanol–water partition coefficient (Wildman–Crippen LogP) is 2.60. The smallest absolute Gasteiger partial charge is 0.314 e. The van der Waals surface area contributed by atoms with Crippen molar-refractivity contribution in [3.63, 3.8) is 0 Å². The Morgan fingerprint density at radius 3 is 2.62 bits per heavy atom. The van der Waals surface area contributed by atoms with Gasteiger partial charge < -0.3 is 5.32 Å². The maximum atomic E-state index is 10.3. The molecule has 0 aliphatic carbocycles. The lowest BCUT2D eigenvalue weighted by atomic mass is 9.98. The number of para-hydroxylation sites is 1. The third-order valence-corrected chi connectivity index (χ3v) is 2.10. The number of rotatable bonds is 3. The molecule has 0 heterocycles. The van der Waals surface area contributed by atoms with E-state index in [0.717, 1.165) is 16.8 Å². The van der Waals surface area contributed by atoms with Crippen LogP contribution in [0.5, 0.6) is 0 Å². The zero-order chi connectivity index (χ0) is 9.84. The van der Waals surface area contributed by atoms with Crippen LogP contribution in [0, 0.1) is 6.92 Å². The van der Waals surface area contributed by atoms with Crippen molar-refractivity contribution in [3.05, 3.63) is 29.3 Å². The van der Waals surface area contributed by atoms with E-state index in [1.807, 2.05) is 25.1 Å². The molecule has 0 aliphatic rings. The summed E-state index contributed by atoms with van der Waals surface area (Å²) in [7, 11) is 0. The molecule has 0 fully saturated rings. The van der Waals surface area contributed by atoms with E-state index < -0.39 is 0 Å². The van der Waals surface area contributed by atoms with Crippen LogP contribution in [0.25, 0.3) is 0 Å². The summed E-state index contributed by atoms with van der Waals surface area (Å²) in [6.07, 6.45) is 1.72. The fraction of sp³-hybridized carbons (Fsp3) is 0.364. The molecule has 1 amide bonds. The molecule has 0 bridgehead atoms. The van der Waals surface area contributed by atoms with Crippen LogP contribution in [-0.4, -0.2) is 6.41 Å². The highest BCUT2D eigenvalue weighted by molar-refractivity contribution is 5.76. The van der Waals surface area contributed by atoms with Crippen molar-refractivity contribution in [2.24, 2.45) is 0 Å². The maximum absolute atomic E-state index is 10.3. The van der Waals surface area contributed by atoms with Gasteiger partial charge >= 0.3 is 6.41 Å². The molecule has 2 heteroatoms. The molecule has 1 aromatic carbocycles. The number of benzene rings is 1. The second-order valence-corrected chi connectivity index (χ2v) is 3.42. The van der Waals surface area contributed by atoms with E-state index in [0.29, 0.717) is 5.92 Å². The topological polar surface area (TPSA) is 29.1 Å². The number of aryl methyl sites for hydroxylation is 1. The molecule has 0 saturated carbocycles. The second-order valence-electron chi connectivity index (χ2n) is 3.42. The molecule has 2 nitrogen and oxygen atoms in total. The molecule has 69 valence electrons. The summed E-state index contributed by atoms with van der Waals surface area (Å²) in [5.41, 5.74) is 3.13. The third-order valence-electron chi connectivity index (χ3n) is 2.10. The molecular weight excluding hydrogens is 162 g/mol. The Balaban J connectivity index is 3.16. The Labute approximate surface area is 79.0 Å². The lowest BCUT2D eigenvalue weighted by molar-refractivity contribution is 0.561. The molecule has 0 unspecified atom stereocenters. The van der Waals surface area contributed by atoms with Gasteiger partial charge in [-0.3, -0.25) is 4.79 Å². The first kappa shape index (κ1) is 9.78. The largest absolute Gasteiger partial charge is 0.317 e. The van der Waals surface area contributed by atoms with Crippen molar-refractivity contribution >= 4 is 12.1 Å². The van der Waals surface area contributed by atoms with E-state index in [4.69, 9.17) is 0 Å². The fourth-order valence-corrected chi connectivity index (χ4v) is 1.39. The minimum Gasteiger partial charge on any atom is -0.317 e. The van der Waals surface area contributed by atoms with Crippen LogP contribution in [0.15, 0.2) is 18.2 Å². The van der Waals surface area contributed by atoms with Gasteiger partial charge in [-0.15, -0.1) is 0 Å². The molecule has 0 aliphatic heterocycles. The van der Waals surface area contributed by atoms with Gasteiger partial charge in [0.25, 0.3) is 0 Å². The summed E-state index contributed by atoms with van der Waals surface area (Å²) in [5, 5.41) is 2.62. The molecule has 0 saturated heterocycles. The van der Waals surface area contributed by atoms with Crippen molar-refractivity contribution < 1.29 is 4.79 Å². The Bertz CT molecular complexity index is 305. The molecular formula is C11H14NO. The van der Waals surface area contributed by atoms with Crippen LogP contribution in [0.3, 0.4) is 0 Å². The normalized spacial score (nSPS) is 10.2. The van der Waals surface area contributed by atoms with E-state index in [9.17, 15) is 4.79 Å². The van der Waals surface area contributed by atoms with Crippen LogP contribution >= 0.6 is 0 Å². The predicted molar refractivity (Wildman–Crippen MR) is 54.6 cm³/mol. The molecule has 1 rings (SSSR count). The van der Waals surface area contributed by atoms with Gasteiger partial charge in [0.05, 0.1) is 0 Å². The van der Waals surface area contributed by atoms with E-state index in [1.54, 1.807) is 6.41 Å². The molecule has 1 N–H and O–H groups in total. The number of nitrogens with one attached hydrogen (secondary N) is 1. The SMILES string of the molecule is Cc1cccc(C(C)C)c1N[C]=O. The second kappa shape index (κ2) is 4.08. The van der Waals surface area contributed by atoms with Gasteiger partial charge in [0.2, 0.25) is 0 Å². The first-order chi connectivity index (χ1) is 6.16. The summed E-state index contributed by atoms with van der Waals surface area (Å²) >= 11 is 0. The zero-order valence-electron chi connectivity index (χ0n) is 8.22. The number of amides is 1. The minimum atomic E-state index is 0.413. The van der Waals surface area contributed by atoms with E-state index in [2.05, 4.69) is 19.2 Å². The summed E-state index contributed by atoms with van der Waals surface area (Å²) in [6, 6.07) is 6.00. The van der Waals surface area contributed by atoms with Gasteiger partial charge in [-0.05, 0) is 24.0 Å². The van der Waals surface area contributed by atoms with Gasteiger partial charge in [-0.2, -0.15) is 0 Å². The summed E-state index contributed by atoms with van der Waals surface area (Å²) in [5.74, 6) is 0.413. The van der Waals surface area contributed by atoms with E-state index in [-0.39, 0.29) is 0 Å². The highest BCUT2D eigenvalue weighted by atomic mass is 16.1. The maximum Gasteiger partial charge on any atom is 0.314 e. The third kappa shape index (κ3) is 2.08. The van der Waals surface area contributed by atoms with Crippen molar-refractivity contribution in [2.75, 3.05) is 5.32 Å². The van der Waals surface area contributed by atoms with Crippen molar-refractivity contribution in [1.82, 2.24) is 0 Å². The monoisotopic (exact) mass is 176 g/mol. The van der Waals surface area contributed by atoms with Gasteiger partial charge in [-0.1, -0.05) is 32.0 Å². The Hall–Kier alpha value is -1.31. The summed E-state index contributed by atoms with van der Waals surface area (Å²) in [4.78, 5) is 10.3. The van der Waals surface area contributed by atoms with Crippen molar-refractivity contribution in [1.29, 1.82) is 0 Å². The lowest BCUT2D eigenvalue weighted by Crippen LogP contribution is -2.02. The number of anilines is 1. The number of carbonyl (C=O) groups excluding carboxylic acids is 1. The van der Waals surface area contributed by atoms with Crippen LogP contribution in [-0.2, 0) is 4.79 Å². The van der Waals surface area contributed by atoms with E-state index >= 15 is 0 Å². The molecule has 1 radical (unpaired) electrons. The van der Waals surface area contributed by atoms with Crippen molar-refractivity contribution in [3.8, 4) is 0 Å². The van der Waals surface area contributed by atoms with Crippen LogP contribution in [0.4, 0.5) is 5.69 Å². The zero-order valence-corrected chi connectivity index (χ0v) is 8.22. The van der Waals surface area contributed by atoms with Gasteiger partial charge in [0, 0.05) is 5.69 Å². The standard InChI is InChI=1S/C11H14NO/c1-8(2)10-6-4-5-9(3)11(10)12-7-13/h4-6,8H,1-3H3,(H,12,13). The molecule has 0 atom stereocenters. The Morgan fingerprint density at radius 1 is 1.38 bits per heavy atom. The van der Waals surface area contributed by atoms with Crippen LogP contribution in [0.2, 0.25) is 0 Å². The molecule has 0 spiro atoms. The van der Waals surface area contributed by atoms with E-state index in [1.165, 1.54) is 0 Å². The lowest BCUT2D eigenvalue weighted by Gasteiger charge is -2.13. The number of hydrogen-bond donors (Lipinski definition) is 1. The average Bonchev–Trinajstić information content (AvgIpc) is 2.08. The Kier molecular flexibility index (Phi) is 3.07. The first-order valence-electron chi connectivity index (χ1n) is 4.39. The van der Waals surface area contributed by atoms with Gasteiger partial charge in [0.15, 0.2) is 0 Å². The van der Waals surface area contributed by atoms with Gasteiger partial charge in [0.1, 0.15) is 0 Å². The average molecular weight is 176 g/mol. The first-order valence-corrected chi connectivity index (χ1v) is 4.39. The fourth-order valence-electron chi connectivity index (χ4n) is 1.39. The molecule has 0 aromatic heterocycles. The Morgan fingerprint density at radius 2 is 2.08 bits per heavy atom. The molecule has 13 heavy (non-hydrogen) atoms. The van der Waals surface area contributed by atoms with Gasteiger partial charge in [-0.25, -0.2) is 0 Å². The van der Waals surface area contributed by atoms with Crippen molar-refractivity contribution in [2.45, 2.75) is 26.7 Å². The molecule has 1 aromatic rings. The summed E-state index contributed by atoms with van der Waals surface area (Å²) < 4.78 is 0. The number of hydrogen-bond acceptors (Lipinski definition) is 1. The summed E-state index contributed by atoms with van der Waals surface area (Å²) in [6.45, 7) is 6.18. The minimum absolute atomic E-state index is 0.413. The highest BCUT2D eigenvalue weighted by Crippen LogP contribution is 2.26. The quantitative estimate of drug-likeness (QED) is 0.705. The van der Waals surface area contributed by atoms with Crippen LogP contribution in [0.1, 0.15) is 30.9 Å².